The summed E-state index contributed by atoms with van der Waals surface area (Å²) < 4.78 is 0. The maximum atomic E-state index is 13.1. The summed E-state index contributed by atoms with van der Waals surface area (Å²) in [5.74, 6) is 0.201. The van der Waals surface area contributed by atoms with Gasteiger partial charge in [0.15, 0.2) is 0 Å². The third-order valence-electron chi connectivity index (χ3n) is 4.82. The number of fused-ring (bicyclic) bond motifs is 1. The summed E-state index contributed by atoms with van der Waals surface area (Å²) in [5.41, 5.74) is 11.0. The molecule has 0 aromatic heterocycles. The maximum Gasteiger partial charge on any atom is 0.228 e. The summed E-state index contributed by atoms with van der Waals surface area (Å²) >= 11 is 0. The molecule has 0 saturated carbocycles. The molecule has 1 heterocycles. The minimum absolute atomic E-state index is 0.0796. The lowest BCUT2D eigenvalue weighted by molar-refractivity contribution is -0.118. The molecule has 25 heavy (non-hydrogen) atoms. The number of hydrogen-bond acceptors (Lipinski definition) is 2. The second kappa shape index (κ2) is 6.44. The van der Waals surface area contributed by atoms with Crippen LogP contribution in [-0.4, -0.2) is 5.91 Å². The highest BCUT2D eigenvalue weighted by Gasteiger charge is 2.29. The number of carbonyl (C=O) groups excluding carboxylic acids is 1. The SMILES string of the molecule is Nc1cccc(N2Cc3ccccc3C(c3ccccc3)CC2=O)c1. The second-order valence-corrected chi connectivity index (χ2v) is 6.44. The van der Waals surface area contributed by atoms with Gasteiger partial charge in [0, 0.05) is 23.7 Å². The molecule has 0 spiro atoms. The monoisotopic (exact) mass is 328 g/mol. The molecule has 1 atom stereocenters. The predicted octanol–water partition coefficient (Wildman–Crippen LogP) is 4.34. The third-order valence-corrected chi connectivity index (χ3v) is 4.82. The largest absolute Gasteiger partial charge is 0.399 e. The Labute approximate surface area is 147 Å². The molecule has 3 aromatic rings. The van der Waals surface area contributed by atoms with Gasteiger partial charge in [-0.15, -0.1) is 0 Å². The molecule has 2 N–H and O–H groups in total. The Morgan fingerprint density at radius 2 is 1.64 bits per heavy atom. The number of benzene rings is 3. The Morgan fingerprint density at radius 1 is 0.880 bits per heavy atom. The fraction of sp³-hybridized carbons (Fsp3) is 0.136. The topological polar surface area (TPSA) is 46.3 Å². The summed E-state index contributed by atoms with van der Waals surface area (Å²) in [6.45, 7) is 0.571. The summed E-state index contributed by atoms with van der Waals surface area (Å²) in [6.07, 6.45) is 0.454. The zero-order valence-corrected chi connectivity index (χ0v) is 13.9. The Hall–Kier alpha value is -3.07. The van der Waals surface area contributed by atoms with E-state index in [9.17, 15) is 4.79 Å². The van der Waals surface area contributed by atoms with Crippen molar-refractivity contribution in [2.75, 3.05) is 10.6 Å². The number of amides is 1. The number of nitrogen functional groups attached to an aromatic ring is 1. The highest BCUT2D eigenvalue weighted by atomic mass is 16.2. The van der Waals surface area contributed by atoms with Gasteiger partial charge in [0.05, 0.1) is 6.54 Å². The van der Waals surface area contributed by atoms with Gasteiger partial charge >= 0.3 is 0 Å². The maximum absolute atomic E-state index is 13.1. The normalized spacial score (nSPS) is 17.0. The van der Waals surface area contributed by atoms with Crippen LogP contribution in [0.25, 0.3) is 0 Å². The highest BCUT2D eigenvalue weighted by Crippen LogP contribution is 2.36. The van der Waals surface area contributed by atoms with Gasteiger partial charge in [-0.2, -0.15) is 0 Å². The van der Waals surface area contributed by atoms with Crippen LogP contribution in [0.3, 0.4) is 0 Å². The molecule has 4 rings (SSSR count). The Kier molecular flexibility index (Phi) is 3.98. The van der Waals surface area contributed by atoms with E-state index >= 15 is 0 Å². The highest BCUT2D eigenvalue weighted by molar-refractivity contribution is 5.95. The summed E-state index contributed by atoms with van der Waals surface area (Å²) in [5, 5.41) is 0. The summed E-state index contributed by atoms with van der Waals surface area (Å²) in [6, 6.07) is 26.2. The van der Waals surface area contributed by atoms with Gasteiger partial charge in [-0.3, -0.25) is 4.79 Å². The lowest BCUT2D eigenvalue weighted by atomic mass is 9.86. The van der Waals surface area contributed by atoms with Crippen LogP contribution in [0.5, 0.6) is 0 Å². The molecule has 0 aliphatic carbocycles. The molecule has 3 aromatic carbocycles. The summed E-state index contributed by atoms with van der Waals surface area (Å²) in [7, 11) is 0. The molecular weight excluding hydrogens is 308 g/mol. The van der Waals surface area contributed by atoms with Crippen molar-refractivity contribution < 1.29 is 4.79 Å². The van der Waals surface area contributed by atoms with Crippen LogP contribution < -0.4 is 10.6 Å². The molecule has 1 unspecified atom stereocenters. The van der Waals surface area contributed by atoms with Crippen molar-refractivity contribution >= 4 is 17.3 Å². The Bertz CT molecular complexity index is 905. The molecule has 1 aliphatic heterocycles. The van der Waals surface area contributed by atoms with E-state index in [1.807, 2.05) is 53.4 Å². The molecule has 0 radical (unpaired) electrons. The molecule has 0 bridgehead atoms. The van der Waals surface area contributed by atoms with Crippen molar-refractivity contribution in [3.8, 4) is 0 Å². The fourth-order valence-electron chi connectivity index (χ4n) is 3.58. The van der Waals surface area contributed by atoms with E-state index in [1.54, 1.807) is 0 Å². The molecule has 1 amide bonds. The third kappa shape index (κ3) is 3.01. The van der Waals surface area contributed by atoms with E-state index < -0.39 is 0 Å². The lowest BCUT2D eigenvalue weighted by Crippen LogP contribution is -2.29. The van der Waals surface area contributed by atoms with E-state index in [-0.39, 0.29) is 11.8 Å². The van der Waals surface area contributed by atoms with Gasteiger partial charge in [0.1, 0.15) is 0 Å². The standard InChI is InChI=1S/C22H20N2O/c23-18-10-6-11-19(13-18)24-15-17-9-4-5-12-20(17)21(14-22(24)25)16-7-2-1-3-8-16/h1-13,21H,14-15,23H2. The Balaban J connectivity index is 1.80. The van der Waals surface area contributed by atoms with Gasteiger partial charge in [0.2, 0.25) is 5.91 Å². The van der Waals surface area contributed by atoms with Crippen LogP contribution in [0.1, 0.15) is 29.0 Å². The smallest absolute Gasteiger partial charge is 0.228 e. The predicted molar refractivity (Wildman–Crippen MR) is 101 cm³/mol. The average Bonchev–Trinajstić information content (AvgIpc) is 2.79. The van der Waals surface area contributed by atoms with Crippen LogP contribution in [0, 0.1) is 0 Å². The van der Waals surface area contributed by atoms with E-state index in [0.29, 0.717) is 18.7 Å². The molecular formula is C22H20N2O. The quantitative estimate of drug-likeness (QED) is 0.711. The van der Waals surface area contributed by atoms with E-state index in [0.717, 1.165) is 5.69 Å². The van der Waals surface area contributed by atoms with Gasteiger partial charge in [-0.1, -0.05) is 60.7 Å². The number of carbonyl (C=O) groups is 1. The fourth-order valence-corrected chi connectivity index (χ4v) is 3.58. The summed E-state index contributed by atoms with van der Waals surface area (Å²) in [4.78, 5) is 14.9. The lowest BCUT2D eigenvalue weighted by Gasteiger charge is -2.21. The van der Waals surface area contributed by atoms with Gasteiger partial charge < -0.3 is 10.6 Å². The van der Waals surface area contributed by atoms with Gasteiger partial charge in [0.25, 0.3) is 0 Å². The number of rotatable bonds is 2. The van der Waals surface area contributed by atoms with E-state index in [2.05, 4.69) is 30.3 Å². The van der Waals surface area contributed by atoms with Crippen LogP contribution in [-0.2, 0) is 11.3 Å². The zero-order chi connectivity index (χ0) is 17.2. The molecule has 3 heteroatoms. The van der Waals surface area contributed by atoms with Crippen molar-refractivity contribution in [3.05, 3.63) is 95.6 Å². The first-order chi connectivity index (χ1) is 12.2. The van der Waals surface area contributed by atoms with Crippen molar-refractivity contribution in [1.29, 1.82) is 0 Å². The first kappa shape index (κ1) is 15.5. The zero-order valence-electron chi connectivity index (χ0n) is 13.9. The van der Waals surface area contributed by atoms with E-state index in [1.165, 1.54) is 16.7 Å². The number of anilines is 2. The first-order valence-corrected chi connectivity index (χ1v) is 8.51. The minimum Gasteiger partial charge on any atom is -0.399 e. The van der Waals surface area contributed by atoms with Crippen molar-refractivity contribution in [3.63, 3.8) is 0 Å². The molecule has 1 aliphatic rings. The molecule has 0 saturated heterocycles. The number of nitrogens with two attached hydrogens (primary N) is 1. The van der Waals surface area contributed by atoms with Gasteiger partial charge in [-0.05, 0) is 34.9 Å². The molecule has 3 nitrogen and oxygen atoms in total. The first-order valence-electron chi connectivity index (χ1n) is 8.51. The minimum atomic E-state index is 0.0796. The van der Waals surface area contributed by atoms with Crippen molar-refractivity contribution in [2.45, 2.75) is 18.9 Å². The van der Waals surface area contributed by atoms with Crippen LogP contribution >= 0.6 is 0 Å². The number of hydrogen-bond donors (Lipinski definition) is 1. The van der Waals surface area contributed by atoms with Crippen LogP contribution in [0.4, 0.5) is 11.4 Å². The van der Waals surface area contributed by atoms with Crippen LogP contribution in [0.15, 0.2) is 78.9 Å². The van der Waals surface area contributed by atoms with E-state index in [4.69, 9.17) is 5.73 Å². The average molecular weight is 328 g/mol. The number of nitrogens with zero attached hydrogens (tertiary/aromatic N) is 1. The second-order valence-electron chi connectivity index (χ2n) is 6.44. The molecule has 124 valence electrons. The Morgan fingerprint density at radius 3 is 2.44 bits per heavy atom. The van der Waals surface area contributed by atoms with Crippen molar-refractivity contribution in [2.24, 2.45) is 0 Å². The van der Waals surface area contributed by atoms with Crippen molar-refractivity contribution in [1.82, 2.24) is 0 Å². The van der Waals surface area contributed by atoms with Gasteiger partial charge in [-0.25, -0.2) is 0 Å². The molecule has 0 fully saturated rings. The van der Waals surface area contributed by atoms with Crippen LogP contribution in [0.2, 0.25) is 0 Å².